The minimum Gasteiger partial charge on any atom is -0.480 e. The van der Waals surface area contributed by atoms with Crippen molar-refractivity contribution in [1.29, 1.82) is 0 Å². The summed E-state index contributed by atoms with van der Waals surface area (Å²) in [6.45, 7) is -0.331. The number of rotatable bonds is 4. The van der Waals surface area contributed by atoms with Crippen LogP contribution in [0.15, 0.2) is 6.20 Å². The van der Waals surface area contributed by atoms with Crippen LogP contribution in [0.5, 0.6) is 0 Å². The van der Waals surface area contributed by atoms with E-state index in [1.807, 2.05) is 0 Å². The van der Waals surface area contributed by atoms with Gasteiger partial charge in [0.25, 0.3) is 5.91 Å². The third-order valence-corrected chi connectivity index (χ3v) is 4.17. The second-order valence-electron chi connectivity index (χ2n) is 4.29. The van der Waals surface area contributed by atoms with E-state index in [-0.39, 0.29) is 24.2 Å². The fraction of sp³-hybridized carbons (Fsp3) is 0.600. The summed E-state index contributed by atoms with van der Waals surface area (Å²) in [5, 5.41) is 18.6. The monoisotopic (exact) mass is 286 g/mol. The van der Waals surface area contributed by atoms with E-state index in [2.05, 4.69) is 15.6 Å². The lowest BCUT2D eigenvalue weighted by Crippen LogP contribution is -2.39. The van der Waals surface area contributed by atoms with Crippen molar-refractivity contribution in [2.75, 3.05) is 11.5 Å². The third kappa shape index (κ3) is 3.85. The summed E-state index contributed by atoms with van der Waals surface area (Å²) in [4.78, 5) is 22.3. The molecule has 1 aromatic heterocycles. The van der Waals surface area contributed by atoms with Crippen molar-refractivity contribution in [2.24, 2.45) is 0 Å². The van der Waals surface area contributed by atoms with E-state index in [1.54, 1.807) is 0 Å². The highest BCUT2D eigenvalue weighted by Gasteiger charge is 2.21. The van der Waals surface area contributed by atoms with Crippen molar-refractivity contribution < 1.29 is 18.9 Å². The molecule has 1 aliphatic heterocycles. The number of nitrogens with zero attached hydrogens (tertiary/aromatic N) is 3. The molecule has 104 valence electrons. The van der Waals surface area contributed by atoms with Gasteiger partial charge in [0.2, 0.25) is 0 Å². The summed E-state index contributed by atoms with van der Waals surface area (Å²) >= 11 is 0. The van der Waals surface area contributed by atoms with Crippen LogP contribution in [0.4, 0.5) is 0 Å². The van der Waals surface area contributed by atoms with Gasteiger partial charge in [0.1, 0.15) is 6.54 Å². The first-order valence-corrected chi connectivity index (χ1v) is 7.31. The molecule has 0 spiro atoms. The smallest absolute Gasteiger partial charge is 0.325 e. The first kappa shape index (κ1) is 13.7. The molecule has 2 heterocycles. The van der Waals surface area contributed by atoms with Gasteiger partial charge in [0.05, 0.1) is 6.20 Å². The topological polar surface area (TPSA) is 114 Å². The van der Waals surface area contributed by atoms with Crippen LogP contribution in [0.1, 0.15) is 23.3 Å². The van der Waals surface area contributed by atoms with Crippen LogP contribution in [0.25, 0.3) is 0 Å². The van der Waals surface area contributed by atoms with Gasteiger partial charge in [-0.3, -0.25) is 13.8 Å². The van der Waals surface area contributed by atoms with Gasteiger partial charge < -0.3 is 10.4 Å². The van der Waals surface area contributed by atoms with Gasteiger partial charge in [-0.2, -0.15) is 0 Å². The molecule has 1 amide bonds. The van der Waals surface area contributed by atoms with E-state index < -0.39 is 16.8 Å². The molecule has 0 atom stereocenters. The van der Waals surface area contributed by atoms with Gasteiger partial charge in [-0.25, -0.2) is 4.68 Å². The van der Waals surface area contributed by atoms with Crippen molar-refractivity contribution in [3.05, 3.63) is 11.9 Å². The van der Waals surface area contributed by atoms with E-state index in [0.29, 0.717) is 24.3 Å². The Bertz CT molecular complexity index is 505. The summed E-state index contributed by atoms with van der Waals surface area (Å²) in [6.07, 6.45) is 2.66. The highest BCUT2D eigenvalue weighted by atomic mass is 32.2. The van der Waals surface area contributed by atoms with Crippen LogP contribution >= 0.6 is 0 Å². The Balaban J connectivity index is 1.90. The van der Waals surface area contributed by atoms with E-state index in [0.717, 1.165) is 4.68 Å². The fourth-order valence-electron chi connectivity index (χ4n) is 1.82. The molecular formula is C10H14N4O4S. The molecule has 0 radical (unpaired) electrons. The number of carboxylic acid groups (broad SMARTS) is 1. The van der Waals surface area contributed by atoms with Crippen molar-refractivity contribution in [3.63, 3.8) is 0 Å². The zero-order chi connectivity index (χ0) is 13.8. The number of carboxylic acids is 1. The number of carbonyl (C=O) groups excluding carboxylic acids is 1. The second-order valence-corrected chi connectivity index (χ2v) is 5.99. The van der Waals surface area contributed by atoms with Crippen LogP contribution in [0, 0.1) is 0 Å². The zero-order valence-corrected chi connectivity index (χ0v) is 10.9. The summed E-state index contributed by atoms with van der Waals surface area (Å²) in [6, 6.07) is -0.00479. The van der Waals surface area contributed by atoms with E-state index in [1.165, 1.54) is 6.20 Å². The van der Waals surface area contributed by atoms with Gasteiger partial charge in [-0.1, -0.05) is 5.21 Å². The van der Waals surface area contributed by atoms with Crippen LogP contribution in [0.2, 0.25) is 0 Å². The average molecular weight is 286 g/mol. The normalized spacial score (nSPS) is 22.9. The molecule has 2 rings (SSSR count). The molecule has 0 unspecified atom stereocenters. The first-order valence-electron chi connectivity index (χ1n) is 5.82. The average Bonchev–Trinajstić information content (AvgIpc) is 2.80. The second kappa shape index (κ2) is 5.91. The lowest BCUT2D eigenvalue weighted by Gasteiger charge is -2.21. The maximum atomic E-state index is 11.8. The summed E-state index contributed by atoms with van der Waals surface area (Å²) in [5.41, 5.74) is 0.0907. The van der Waals surface area contributed by atoms with Gasteiger partial charge in [-0.15, -0.1) is 5.10 Å². The molecule has 19 heavy (non-hydrogen) atoms. The third-order valence-electron chi connectivity index (χ3n) is 2.79. The van der Waals surface area contributed by atoms with Gasteiger partial charge in [-0.05, 0) is 12.8 Å². The number of hydrogen-bond acceptors (Lipinski definition) is 5. The van der Waals surface area contributed by atoms with Crippen molar-refractivity contribution in [2.45, 2.75) is 25.4 Å². The predicted molar refractivity (Wildman–Crippen MR) is 66.0 cm³/mol. The van der Waals surface area contributed by atoms with E-state index in [4.69, 9.17) is 5.11 Å². The standard InChI is InChI=1S/C10H14N4O4S/c15-9(16)6-14-5-8(12-13-14)10(17)11-7-1-3-19(18)4-2-7/h5,7H,1-4,6H2,(H,11,17)(H,15,16). The molecule has 0 saturated carbocycles. The van der Waals surface area contributed by atoms with Gasteiger partial charge in [0.15, 0.2) is 5.69 Å². The van der Waals surface area contributed by atoms with Crippen molar-refractivity contribution in [3.8, 4) is 0 Å². The maximum absolute atomic E-state index is 11.8. The maximum Gasteiger partial charge on any atom is 0.325 e. The molecule has 0 aromatic carbocycles. The Morgan fingerprint density at radius 1 is 1.47 bits per heavy atom. The van der Waals surface area contributed by atoms with Crippen LogP contribution < -0.4 is 5.32 Å². The number of hydrogen-bond donors (Lipinski definition) is 2. The summed E-state index contributed by atoms with van der Waals surface area (Å²) < 4.78 is 12.3. The van der Waals surface area contributed by atoms with Gasteiger partial charge >= 0.3 is 5.97 Å². The van der Waals surface area contributed by atoms with Gasteiger partial charge in [0, 0.05) is 28.3 Å². The zero-order valence-electron chi connectivity index (χ0n) is 10.1. The van der Waals surface area contributed by atoms with Crippen LogP contribution in [-0.4, -0.2) is 53.7 Å². The largest absolute Gasteiger partial charge is 0.480 e. The SMILES string of the molecule is O=C(O)Cn1cc(C(=O)NC2CCS(=O)CC2)nn1. The highest BCUT2D eigenvalue weighted by Crippen LogP contribution is 2.09. The highest BCUT2D eigenvalue weighted by molar-refractivity contribution is 7.85. The minimum atomic E-state index is -1.05. The Labute approximate surface area is 111 Å². The molecule has 1 aromatic rings. The lowest BCUT2D eigenvalue weighted by molar-refractivity contribution is -0.137. The minimum absolute atomic E-state index is 0.00479. The predicted octanol–water partition coefficient (Wildman–Crippen LogP) is -0.996. The molecule has 1 aliphatic rings. The summed E-state index contributed by atoms with van der Waals surface area (Å²) in [7, 11) is -0.771. The molecule has 8 nitrogen and oxygen atoms in total. The Morgan fingerprint density at radius 2 is 2.16 bits per heavy atom. The van der Waals surface area contributed by atoms with Crippen LogP contribution in [-0.2, 0) is 22.1 Å². The molecule has 9 heteroatoms. The number of aromatic nitrogens is 3. The number of nitrogens with one attached hydrogen (secondary N) is 1. The summed E-state index contributed by atoms with van der Waals surface area (Å²) in [5.74, 6) is -0.242. The van der Waals surface area contributed by atoms with E-state index >= 15 is 0 Å². The first-order chi connectivity index (χ1) is 9.04. The Kier molecular flexibility index (Phi) is 4.25. The fourth-order valence-corrected chi connectivity index (χ4v) is 3.11. The molecule has 1 fully saturated rings. The quantitative estimate of drug-likeness (QED) is 0.734. The molecule has 2 N–H and O–H groups in total. The number of aliphatic carboxylic acids is 1. The molecule has 0 bridgehead atoms. The number of amides is 1. The molecular weight excluding hydrogens is 272 g/mol. The van der Waals surface area contributed by atoms with Crippen LogP contribution in [0.3, 0.4) is 0 Å². The number of carbonyl (C=O) groups is 2. The van der Waals surface area contributed by atoms with Crippen molar-refractivity contribution >= 4 is 22.7 Å². The Hall–Kier alpha value is -1.77. The Morgan fingerprint density at radius 3 is 2.79 bits per heavy atom. The molecule has 0 aliphatic carbocycles. The lowest BCUT2D eigenvalue weighted by atomic mass is 10.1. The van der Waals surface area contributed by atoms with Crippen molar-refractivity contribution in [1.82, 2.24) is 20.3 Å². The molecule has 1 saturated heterocycles. The van der Waals surface area contributed by atoms with E-state index in [9.17, 15) is 13.8 Å².